The molecule has 1 aliphatic carbocycles. The number of anilines is 1. The molecule has 0 saturated heterocycles. The number of hydrogen-bond donors (Lipinski definition) is 1. The second-order valence-corrected chi connectivity index (χ2v) is 12.7. The predicted octanol–water partition coefficient (Wildman–Crippen LogP) is 5.94. The highest BCUT2D eigenvalue weighted by atomic mass is 35.5. The number of halogens is 3. The first kappa shape index (κ1) is 31.2. The molecular weight excluding hydrogens is 564 g/mol. The fourth-order valence-corrected chi connectivity index (χ4v) is 6.34. The molecule has 3 rings (SSSR count). The van der Waals surface area contributed by atoms with Gasteiger partial charge in [-0.3, -0.25) is 13.9 Å². The topological polar surface area (TPSA) is 86.8 Å². The minimum atomic E-state index is -3.67. The Balaban J connectivity index is 1.78. The van der Waals surface area contributed by atoms with E-state index >= 15 is 0 Å². The molecule has 0 radical (unpaired) electrons. The largest absolute Gasteiger partial charge is 0.352 e. The number of nitrogens with zero attached hydrogens (tertiary/aromatic N) is 2. The third kappa shape index (κ3) is 9.08. The van der Waals surface area contributed by atoms with Gasteiger partial charge in [0.25, 0.3) is 0 Å². The first-order valence-corrected chi connectivity index (χ1v) is 15.9. The number of carbonyl (C=O) groups excluding carboxylic acids is 2. The van der Waals surface area contributed by atoms with Crippen LogP contribution in [0.25, 0.3) is 0 Å². The van der Waals surface area contributed by atoms with E-state index in [1.165, 1.54) is 29.2 Å². The lowest BCUT2D eigenvalue weighted by molar-refractivity contribution is -0.141. The van der Waals surface area contributed by atoms with Crippen molar-refractivity contribution in [2.75, 3.05) is 17.1 Å². The molecule has 0 aromatic heterocycles. The minimum absolute atomic E-state index is 0.00559. The maximum absolute atomic E-state index is 13.6. The maximum atomic E-state index is 13.6. The second kappa shape index (κ2) is 14.3. The Hall–Kier alpha value is -2.36. The van der Waals surface area contributed by atoms with Crippen LogP contribution < -0.4 is 9.62 Å². The Labute approximate surface area is 240 Å². The Morgan fingerprint density at radius 1 is 1.08 bits per heavy atom. The molecule has 2 aromatic rings. The summed E-state index contributed by atoms with van der Waals surface area (Å²) in [4.78, 5) is 28.5. The van der Waals surface area contributed by atoms with Crippen LogP contribution in [-0.2, 0) is 26.2 Å². The maximum Gasteiger partial charge on any atom is 0.243 e. The quantitative estimate of drug-likeness (QED) is 0.327. The zero-order chi connectivity index (χ0) is 28.6. The van der Waals surface area contributed by atoms with Gasteiger partial charge in [0.1, 0.15) is 11.9 Å². The predicted molar refractivity (Wildman–Crippen MR) is 154 cm³/mol. The van der Waals surface area contributed by atoms with Crippen LogP contribution in [0.15, 0.2) is 42.5 Å². The summed E-state index contributed by atoms with van der Waals surface area (Å²) in [6.07, 6.45) is 6.81. The highest BCUT2D eigenvalue weighted by Gasteiger charge is 2.31. The average Bonchev–Trinajstić information content (AvgIpc) is 2.88. The average molecular weight is 601 g/mol. The first-order chi connectivity index (χ1) is 18.5. The van der Waals surface area contributed by atoms with Crippen LogP contribution in [0.5, 0.6) is 0 Å². The van der Waals surface area contributed by atoms with E-state index in [0.717, 1.165) is 42.7 Å². The summed E-state index contributed by atoms with van der Waals surface area (Å²) in [6, 6.07) is 9.53. The fraction of sp³-hybridized carbons (Fsp3) is 0.500. The van der Waals surface area contributed by atoms with Crippen molar-refractivity contribution < 1.29 is 22.4 Å². The van der Waals surface area contributed by atoms with Crippen LogP contribution in [0, 0.1) is 5.82 Å². The molecule has 2 amide bonds. The van der Waals surface area contributed by atoms with Crippen molar-refractivity contribution >= 4 is 50.7 Å². The third-order valence-electron chi connectivity index (χ3n) is 6.96. The Morgan fingerprint density at radius 2 is 1.74 bits per heavy atom. The van der Waals surface area contributed by atoms with E-state index in [2.05, 4.69) is 5.32 Å². The SMILES string of the molecule is CCC(C(=O)NC1CCCCC1)N(Cc1ccc(Cl)cc1Cl)C(=O)CCCN(c1ccc(F)cc1)S(C)(=O)=O. The molecule has 0 heterocycles. The van der Waals surface area contributed by atoms with Gasteiger partial charge in [0.05, 0.1) is 11.9 Å². The lowest BCUT2D eigenvalue weighted by atomic mass is 9.95. The molecule has 7 nitrogen and oxygen atoms in total. The third-order valence-corrected chi connectivity index (χ3v) is 8.74. The highest BCUT2D eigenvalue weighted by Crippen LogP contribution is 2.25. The number of rotatable bonds is 12. The van der Waals surface area contributed by atoms with Gasteiger partial charge >= 0.3 is 0 Å². The van der Waals surface area contributed by atoms with Crippen molar-refractivity contribution in [3.8, 4) is 0 Å². The number of amides is 2. The van der Waals surface area contributed by atoms with Gasteiger partial charge in [0.2, 0.25) is 21.8 Å². The lowest BCUT2D eigenvalue weighted by Gasteiger charge is -2.33. The smallest absolute Gasteiger partial charge is 0.243 e. The van der Waals surface area contributed by atoms with Crippen molar-refractivity contribution in [2.24, 2.45) is 0 Å². The van der Waals surface area contributed by atoms with Gasteiger partial charge in [-0.15, -0.1) is 0 Å². The molecular formula is C28H36Cl2FN3O4S. The molecule has 1 fully saturated rings. The number of sulfonamides is 1. The van der Waals surface area contributed by atoms with Crippen LogP contribution >= 0.6 is 23.2 Å². The van der Waals surface area contributed by atoms with Crippen LogP contribution in [0.3, 0.4) is 0 Å². The van der Waals surface area contributed by atoms with E-state index in [1.54, 1.807) is 18.2 Å². The molecule has 11 heteroatoms. The number of hydrogen-bond acceptors (Lipinski definition) is 4. The Kier molecular flexibility index (Phi) is 11.4. The molecule has 39 heavy (non-hydrogen) atoms. The summed E-state index contributed by atoms with van der Waals surface area (Å²) in [5, 5.41) is 3.98. The van der Waals surface area contributed by atoms with E-state index in [-0.39, 0.29) is 43.8 Å². The Morgan fingerprint density at radius 3 is 2.33 bits per heavy atom. The monoisotopic (exact) mass is 599 g/mol. The van der Waals surface area contributed by atoms with Crippen LogP contribution in [0.4, 0.5) is 10.1 Å². The van der Waals surface area contributed by atoms with Crippen LogP contribution in [-0.4, -0.2) is 50.0 Å². The molecule has 1 unspecified atom stereocenters. The van der Waals surface area contributed by atoms with Crippen molar-refractivity contribution in [3.63, 3.8) is 0 Å². The van der Waals surface area contributed by atoms with E-state index in [0.29, 0.717) is 27.7 Å². The number of nitrogens with one attached hydrogen (secondary N) is 1. The van der Waals surface area contributed by atoms with Crippen molar-refractivity contribution in [3.05, 3.63) is 63.9 Å². The fourth-order valence-electron chi connectivity index (χ4n) is 4.91. The van der Waals surface area contributed by atoms with Gasteiger partial charge in [-0.05, 0) is 67.6 Å². The summed E-state index contributed by atoms with van der Waals surface area (Å²) < 4.78 is 39.4. The molecule has 0 bridgehead atoms. The summed E-state index contributed by atoms with van der Waals surface area (Å²) in [5.41, 5.74) is 0.969. The summed E-state index contributed by atoms with van der Waals surface area (Å²) >= 11 is 12.5. The van der Waals surface area contributed by atoms with Gasteiger partial charge in [-0.1, -0.05) is 55.5 Å². The second-order valence-electron chi connectivity index (χ2n) is 9.94. The van der Waals surface area contributed by atoms with Gasteiger partial charge in [-0.25, -0.2) is 12.8 Å². The highest BCUT2D eigenvalue weighted by molar-refractivity contribution is 7.92. The van der Waals surface area contributed by atoms with Crippen molar-refractivity contribution in [1.29, 1.82) is 0 Å². The van der Waals surface area contributed by atoms with Crippen LogP contribution in [0.2, 0.25) is 10.0 Å². The molecule has 1 aliphatic rings. The van der Waals surface area contributed by atoms with E-state index in [9.17, 15) is 22.4 Å². The molecule has 2 aromatic carbocycles. The van der Waals surface area contributed by atoms with E-state index in [1.807, 2.05) is 6.92 Å². The summed E-state index contributed by atoms with van der Waals surface area (Å²) in [7, 11) is -3.67. The molecule has 1 saturated carbocycles. The van der Waals surface area contributed by atoms with Gasteiger partial charge in [-0.2, -0.15) is 0 Å². The zero-order valence-electron chi connectivity index (χ0n) is 22.3. The molecule has 0 aliphatic heterocycles. The standard InChI is InChI=1S/C28H36Cl2FN3O4S/c1-3-26(28(36)32-23-8-5-4-6-9-23)33(19-20-11-12-21(29)18-25(20)30)27(35)10-7-17-34(39(2,37)38)24-15-13-22(31)14-16-24/h11-16,18,23,26H,3-10,17,19H2,1-2H3,(H,32,36). The van der Waals surface area contributed by atoms with E-state index in [4.69, 9.17) is 23.2 Å². The first-order valence-electron chi connectivity index (χ1n) is 13.3. The van der Waals surface area contributed by atoms with Crippen LogP contribution in [0.1, 0.15) is 63.9 Å². The molecule has 0 spiro atoms. The molecule has 1 atom stereocenters. The van der Waals surface area contributed by atoms with Gasteiger partial charge in [0, 0.05) is 35.6 Å². The summed E-state index contributed by atoms with van der Waals surface area (Å²) in [6.45, 7) is 1.99. The van der Waals surface area contributed by atoms with Gasteiger partial charge in [0.15, 0.2) is 0 Å². The zero-order valence-corrected chi connectivity index (χ0v) is 24.7. The summed E-state index contributed by atoms with van der Waals surface area (Å²) in [5.74, 6) is -0.970. The lowest BCUT2D eigenvalue weighted by Crippen LogP contribution is -2.51. The minimum Gasteiger partial charge on any atom is -0.352 e. The van der Waals surface area contributed by atoms with Crippen molar-refractivity contribution in [1.82, 2.24) is 10.2 Å². The molecule has 1 N–H and O–H groups in total. The normalized spacial score (nSPS) is 15.0. The molecule has 214 valence electrons. The van der Waals surface area contributed by atoms with E-state index < -0.39 is 21.9 Å². The number of carbonyl (C=O) groups is 2. The number of benzene rings is 2. The van der Waals surface area contributed by atoms with Gasteiger partial charge < -0.3 is 10.2 Å². The van der Waals surface area contributed by atoms with Crippen molar-refractivity contribution in [2.45, 2.75) is 76.9 Å². The Bertz CT molecular complexity index is 1240.